The molecule has 0 spiro atoms. The number of Topliss-reactive ketones (excluding diaryl/α,β-unsaturated/α-hetero) is 1. The Balaban J connectivity index is 2.20. The van der Waals surface area contributed by atoms with Crippen molar-refractivity contribution in [2.24, 2.45) is 5.92 Å². The summed E-state index contributed by atoms with van der Waals surface area (Å²) in [5.41, 5.74) is 1.64. The van der Waals surface area contributed by atoms with E-state index in [0.29, 0.717) is 6.42 Å². The Morgan fingerprint density at radius 3 is 2.62 bits per heavy atom. The van der Waals surface area contributed by atoms with Gasteiger partial charge in [-0.15, -0.1) is 0 Å². The van der Waals surface area contributed by atoms with Gasteiger partial charge >= 0.3 is 5.97 Å². The summed E-state index contributed by atoms with van der Waals surface area (Å²) in [6, 6.07) is 7.49. The normalized spacial score (nSPS) is 18.3. The summed E-state index contributed by atoms with van der Waals surface area (Å²) in [7, 11) is 0. The average Bonchev–Trinajstić information content (AvgIpc) is 2.66. The third-order valence-corrected chi connectivity index (χ3v) is 3.59. The molecule has 0 aromatic heterocycles. The zero-order valence-corrected chi connectivity index (χ0v) is 12.6. The number of benzene rings is 1. The SMILES string of the molecule is Cc1ccccc1CC(=O)C1=C(O)C(CC(C)C)OC1=O. The maximum absolute atomic E-state index is 12.3. The van der Waals surface area contributed by atoms with Crippen LogP contribution >= 0.6 is 0 Å². The van der Waals surface area contributed by atoms with Crippen LogP contribution in [0.4, 0.5) is 0 Å². The Morgan fingerprint density at radius 2 is 2.00 bits per heavy atom. The maximum Gasteiger partial charge on any atom is 0.346 e. The molecule has 1 aromatic carbocycles. The minimum absolute atomic E-state index is 0.0928. The molecular weight excluding hydrogens is 268 g/mol. The van der Waals surface area contributed by atoms with Crippen molar-refractivity contribution in [1.82, 2.24) is 0 Å². The first-order valence-electron chi connectivity index (χ1n) is 7.12. The van der Waals surface area contributed by atoms with Gasteiger partial charge in [0, 0.05) is 6.42 Å². The van der Waals surface area contributed by atoms with Crippen LogP contribution in [0, 0.1) is 12.8 Å². The summed E-state index contributed by atoms with van der Waals surface area (Å²) >= 11 is 0. The molecule has 1 aromatic rings. The fourth-order valence-corrected chi connectivity index (χ4v) is 2.42. The molecule has 112 valence electrons. The number of cyclic esters (lactones) is 1. The van der Waals surface area contributed by atoms with Gasteiger partial charge in [0.15, 0.2) is 17.6 Å². The molecule has 21 heavy (non-hydrogen) atoms. The summed E-state index contributed by atoms with van der Waals surface area (Å²) in [6.07, 6.45) is -0.0813. The molecule has 1 aliphatic rings. The Labute approximate surface area is 124 Å². The van der Waals surface area contributed by atoms with E-state index in [1.807, 2.05) is 45.0 Å². The smallest absolute Gasteiger partial charge is 0.346 e. The van der Waals surface area contributed by atoms with Gasteiger partial charge < -0.3 is 9.84 Å². The molecule has 1 heterocycles. The highest BCUT2D eigenvalue weighted by molar-refractivity contribution is 6.19. The zero-order chi connectivity index (χ0) is 15.6. The number of hydrogen-bond donors (Lipinski definition) is 1. The van der Waals surface area contributed by atoms with Crippen LogP contribution in [-0.4, -0.2) is 23.0 Å². The fraction of sp³-hybridized carbons (Fsp3) is 0.412. The molecule has 0 fully saturated rings. The van der Waals surface area contributed by atoms with E-state index < -0.39 is 17.9 Å². The molecule has 0 bridgehead atoms. The van der Waals surface area contributed by atoms with E-state index in [1.54, 1.807) is 0 Å². The fourth-order valence-electron chi connectivity index (χ4n) is 2.42. The first kappa shape index (κ1) is 15.3. The standard InChI is InChI=1S/C17H20O4/c1-10(2)8-14-16(19)15(17(20)21-14)13(18)9-12-7-5-4-6-11(12)3/h4-7,10,14,19H,8-9H2,1-3H3. The molecule has 1 aliphatic heterocycles. The van der Waals surface area contributed by atoms with Crippen molar-refractivity contribution in [3.63, 3.8) is 0 Å². The number of carbonyl (C=O) groups is 2. The second-order valence-electron chi connectivity index (χ2n) is 5.81. The molecule has 0 amide bonds. The Morgan fingerprint density at radius 1 is 1.33 bits per heavy atom. The number of ether oxygens (including phenoxy) is 1. The van der Waals surface area contributed by atoms with Gasteiger partial charge in [-0.1, -0.05) is 38.1 Å². The van der Waals surface area contributed by atoms with Crippen LogP contribution in [-0.2, 0) is 20.7 Å². The number of rotatable bonds is 5. The summed E-state index contributed by atoms with van der Waals surface area (Å²) < 4.78 is 5.10. The lowest BCUT2D eigenvalue weighted by Gasteiger charge is -2.11. The van der Waals surface area contributed by atoms with Gasteiger partial charge in [0.1, 0.15) is 5.57 Å². The van der Waals surface area contributed by atoms with E-state index >= 15 is 0 Å². The summed E-state index contributed by atoms with van der Waals surface area (Å²) in [5.74, 6) is -1.06. The van der Waals surface area contributed by atoms with E-state index in [9.17, 15) is 14.7 Å². The van der Waals surface area contributed by atoms with Gasteiger partial charge in [-0.3, -0.25) is 4.79 Å². The summed E-state index contributed by atoms with van der Waals surface area (Å²) in [5, 5.41) is 10.1. The Hall–Kier alpha value is -2.10. The van der Waals surface area contributed by atoms with Gasteiger partial charge in [0.25, 0.3) is 0 Å². The van der Waals surface area contributed by atoms with Crippen molar-refractivity contribution in [2.45, 2.75) is 39.7 Å². The predicted molar refractivity (Wildman–Crippen MR) is 78.9 cm³/mol. The summed E-state index contributed by atoms with van der Waals surface area (Å²) in [6.45, 7) is 5.84. The van der Waals surface area contributed by atoms with Crippen LogP contribution in [0.3, 0.4) is 0 Å². The topological polar surface area (TPSA) is 63.6 Å². The second-order valence-corrected chi connectivity index (χ2v) is 5.81. The van der Waals surface area contributed by atoms with Crippen molar-refractivity contribution in [1.29, 1.82) is 0 Å². The minimum atomic E-state index is -0.711. The minimum Gasteiger partial charge on any atom is -0.507 e. The van der Waals surface area contributed by atoms with Crippen molar-refractivity contribution in [3.8, 4) is 0 Å². The lowest BCUT2D eigenvalue weighted by Crippen LogP contribution is -2.14. The third kappa shape index (κ3) is 3.32. The van der Waals surface area contributed by atoms with Crippen LogP contribution in [0.5, 0.6) is 0 Å². The van der Waals surface area contributed by atoms with E-state index in [4.69, 9.17) is 4.74 Å². The van der Waals surface area contributed by atoms with Gasteiger partial charge in [0.05, 0.1) is 0 Å². The maximum atomic E-state index is 12.3. The average molecular weight is 288 g/mol. The number of aliphatic hydroxyl groups is 1. The number of carbonyl (C=O) groups excluding carboxylic acids is 2. The lowest BCUT2D eigenvalue weighted by molar-refractivity contribution is -0.141. The number of aliphatic hydroxyl groups excluding tert-OH is 1. The van der Waals surface area contributed by atoms with Gasteiger partial charge in [-0.05, 0) is 30.4 Å². The highest BCUT2D eigenvalue weighted by atomic mass is 16.6. The molecular formula is C17H20O4. The van der Waals surface area contributed by atoms with Crippen LogP contribution in [0.1, 0.15) is 31.4 Å². The molecule has 1 atom stereocenters. The van der Waals surface area contributed by atoms with Crippen LogP contribution in [0.25, 0.3) is 0 Å². The van der Waals surface area contributed by atoms with E-state index in [1.165, 1.54) is 0 Å². The largest absolute Gasteiger partial charge is 0.507 e. The molecule has 1 N–H and O–H groups in total. The molecule has 2 rings (SSSR count). The quantitative estimate of drug-likeness (QED) is 0.668. The molecule has 4 nitrogen and oxygen atoms in total. The lowest BCUT2D eigenvalue weighted by atomic mass is 9.97. The highest BCUT2D eigenvalue weighted by Gasteiger charge is 2.38. The van der Waals surface area contributed by atoms with Crippen LogP contribution in [0.2, 0.25) is 0 Å². The van der Waals surface area contributed by atoms with Crippen molar-refractivity contribution in [3.05, 3.63) is 46.7 Å². The number of esters is 1. The van der Waals surface area contributed by atoms with Crippen molar-refractivity contribution < 1.29 is 19.4 Å². The van der Waals surface area contributed by atoms with E-state index in [2.05, 4.69) is 0 Å². The van der Waals surface area contributed by atoms with E-state index in [-0.39, 0.29) is 23.7 Å². The Kier molecular flexibility index (Phi) is 4.46. The van der Waals surface area contributed by atoms with E-state index in [0.717, 1.165) is 11.1 Å². The highest BCUT2D eigenvalue weighted by Crippen LogP contribution is 2.27. The van der Waals surface area contributed by atoms with Gasteiger partial charge in [-0.25, -0.2) is 4.79 Å². The molecule has 0 saturated heterocycles. The van der Waals surface area contributed by atoms with Crippen molar-refractivity contribution >= 4 is 11.8 Å². The Bertz CT molecular complexity index is 599. The predicted octanol–water partition coefficient (Wildman–Crippen LogP) is 2.89. The number of hydrogen-bond acceptors (Lipinski definition) is 4. The van der Waals surface area contributed by atoms with Gasteiger partial charge in [-0.2, -0.15) is 0 Å². The second kappa shape index (κ2) is 6.12. The monoisotopic (exact) mass is 288 g/mol. The molecule has 0 radical (unpaired) electrons. The zero-order valence-electron chi connectivity index (χ0n) is 12.6. The van der Waals surface area contributed by atoms with Gasteiger partial charge in [0.2, 0.25) is 0 Å². The molecule has 0 aliphatic carbocycles. The van der Waals surface area contributed by atoms with Crippen LogP contribution in [0.15, 0.2) is 35.6 Å². The first-order chi connectivity index (χ1) is 9.90. The van der Waals surface area contributed by atoms with Crippen LogP contribution < -0.4 is 0 Å². The number of aryl methyl sites for hydroxylation is 1. The number of ketones is 1. The third-order valence-electron chi connectivity index (χ3n) is 3.59. The summed E-state index contributed by atoms with van der Waals surface area (Å²) in [4.78, 5) is 24.1. The molecule has 4 heteroatoms. The molecule has 1 unspecified atom stereocenters. The first-order valence-corrected chi connectivity index (χ1v) is 7.12. The van der Waals surface area contributed by atoms with Crippen molar-refractivity contribution in [2.75, 3.05) is 0 Å². The molecule has 0 saturated carbocycles.